The van der Waals surface area contributed by atoms with Crippen LogP contribution in [0.15, 0.2) is 41.8 Å². The Morgan fingerprint density at radius 3 is 2.11 bits per heavy atom. The van der Waals surface area contributed by atoms with Crippen molar-refractivity contribution in [3.63, 3.8) is 0 Å². The highest BCUT2D eigenvalue weighted by atomic mass is 32.2. The van der Waals surface area contributed by atoms with Gasteiger partial charge in [-0.05, 0) is 53.7 Å². The molecule has 2 aromatic heterocycles. The van der Waals surface area contributed by atoms with Gasteiger partial charge in [-0.3, -0.25) is 28.0 Å². The van der Waals surface area contributed by atoms with E-state index < -0.39 is 66.2 Å². The van der Waals surface area contributed by atoms with Gasteiger partial charge in [-0.2, -0.15) is 0 Å². The number of amides is 1. The molecule has 4 rings (SSSR count). The first-order valence-corrected chi connectivity index (χ1v) is 16.9. The number of ether oxygens (including phenoxy) is 3. The minimum absolute atomic E-state index is 0.0648. The Labute approximate surface area is 265 Å². The maximum Gasteiger partial charge on any atom is 0.361 e. The van der Waals surface area contributed by atoms with Gasteiger partial charge in [0, 0.05) is 6.54 Å². The van der Waals surface area contributed by atoms with E-state index in [1.165, 1.54) is 24.8 Å². The molecule has 19 heteroatoms. The molecule has 1 aliphatic heterocycles. The number of anilines is 1. The number of hydrogen-bond acceptors (Lipinski definition) is 15. The third kappa shape index (κ3) is 9.77. The lowest BCUT2D eigenvalue weighted by atomic mass is 9.98. The molecule has 0 atom stereocenters. The lowest BCUT2D eigenvalue weighted by Gasteiger charge is -2.22. The SMILES string of the molecule is CC(C)(C)C(=O)OCOP(=O)(COCCn1cnc2c(N)ncnc21)OCOC(=O)C(C)(C)C.O=C1NS(=O)(=O)c2ccccc21. The zero-order valence-corrected chi connectivity index (χ0v) is 27.9. The molecule has 0 radical (unpaired) electrons. The van der Waals surface area contributed by atoms with Crippen LogP contribution in [0.3, 0.4) is 0 Å². The number of nitrogen functional groups attached to an aromatic ring is 1. The molecular formula is C27H37N6O11PS. The number of benzene rings is 1. The molecule has 3 aromatic rings. The summed E-state index contributed by atoms with van der Waals surface area (Å²) in [4.78, 5) is 47.1. The van der Waals surface area contributed by atoms with Gasteiger partial charge in [0.15, 0.2) is 11.5 Å². The summed E-state index contributed by atoms with van der Waals surface area (Å²) in [6, 6.07) is 6.09. The minimum atomic E-state index is -3.95. The van der Waals surface area contributed by atoms with Gasteiger partial charge in [-0.25, -0.2) is 28.1 Å². The lowest BCUT2D eigenvalue weighted by Crippen LogP contribution is -2.25. The summed E-state index contributed by atoms with van der Waals surface area (Å²) in [5.74, 6) is -1.39. The van der Waals surface area contributed by atoms with Crippen LogP contribution in [-0.2, 0) is 54.0 Å². The first-order chi connectivity index (χ1) is 21.3. The third-order valence-electron chi connectivity index (χ3n) is 5.91. The van der Waals surface area contributed by atoms with Gasteiger partial charge in [0.1, 0.15) is 23.1 Å². The van der Waals surface area contributed by atoms with Crippen LogP contribution >= 0.6 is 7.60 Å². The van der Waals surface area contributed by atoms with Crippen LogP contribution in [0, 0.1) is 10.8 Å². The van der Waals surface area contributed by atoms with Gasteiger partial charge in [-0.15, -0.1) is 0 Å². The van der Waals surface area contributed by atoms with E-state index in [1.54, 1.807) is 58.2 Å². The predicted molar refractivity (Wildman–Crippen MR) is 162 cm³/mol. The van der Waals surface area contributed by atoms with Crippen molar-refractivity contribution in [1.82, 2.24) is 24.2 Å². The Kier molecular flexibility index (Phi) is 11.6. The number of nitrogens with zero attached hydrogens (tertiary/aromatic N) is 4. The molecule has 0 bridgehead atoms. The van der Waals surface area contributed by atoms with Crippen molar-refractivity contribution >= 4 is 52.4 Å². The van der Waals surface area contributed by atoms with Crippen LogP contribution in [0.1, 0.15) is 51.9 Å². The zero-order chi connectivity index (χ0) is 34.3. The number of carbonyl (C=O) groups excluding carboxylic acids is 3. The van der Waals surface area contributed by atoms with Gasteiger partial charge in [0.05, 0.1) is 29.3 Å². The average molecular weight is 685 g/mol. The second-order valence-electron chi connectivity index (χ2n) is 11.8. The number of esters is 2. The second-order valence-corrected chi connectivity index (χ2v) is 15.5. The van der Waals surface area contributed by atoms with Gasteiger partial charge in [-0.1, -0.05) is 12.1 Å². The summed E-state index contributed by atoms with van der Waals surface area (Å²) >= 11 is 0. The van der Waals surface area contributed by atoms with Gasteiger partial charge in [0.25, 0.3) is 15.9 Å². The first-order valence-electron chi connectivity index (χ1n) is 13.7. The molecule has 3 heterocycles. The predicted octanol–water partition coefficient (Wildman–Crippen LogP) is 2.82. The van der Waals surface area contributed by atoms with Crippen molar-refractivity contribution in [2.24, 2.45) is 10.8 Å². The molecule has 1 amide bonds. The molecule has 46 heavy (non-hydrogen) atoms. The van der Waals surface area contributed by atoms with E-state index in [-0.39, 0.29) is 22.9 Å². The number of rotatable bonds is 11. The van der Waals surface area contributed by atoms with Gasteiger partial charge >= 0.3 is 19.5 Å². The summed E-state index contributed by atoms with van der Waals surface area (Å²) in [6.45, 7) is 9.16. The maximum atomic E-state index is 13.1. The molecule has 0 aliphatic carbocycles. The van der Waals surface area contributed by atoms with Crippen molar-refractivity contribution in [2.75, 3.05) is 32.3 Å². The zero-order valence-electron chi connectivity index (χ0n) is 26.2. The van der Waals surface area contributed by atoms with Crippen molar-refractivity contribution < 1.29 is 50.6 Å². The molecule has 0 saturated heterocycles. The van der Waals surface area contributed by atoms with Crippen LogP contribution in [0.25, 0.3) is 11.2 Å². The number of nitrogens with one attached hydrogen (secondary N) is 1. The van der Waals surface area contributed by atoms with Crippen molar-refractivity contribution in [2.45, 2.75) is 53.0 Å². The van der Waals surface area contributed by atoms with E-state index in [2.05, 4.69) is 15.0 Å². The van der Waals surface area contributed by atoms with Crippen LogP contribution in [0.5, 0.6) is 0 Å². The Hall–Kier alpha value is -3.96. The highest BCUT2D eigenvalue weighted by Crippen LogP contribution is 2.48. The van der Waals surface area contributed by atoms with E-state index in [1.807, 2.05) is 4.72 Å². The second kappa shape index (κ2) is 14.6. The number of aromatic nitrogens is 4. The van der Waals surface area contributed by atoms with Crippen molar-refractivity contribution in [1.29, 1.82) is 0 Å². The highest BCUT2D eigenvalue weighted by Gasteiger charge is 2.32. The minimum Gasteiger partial charge on any atom is -0.438 e. The fourth-order valence-corrected chi connectivity index (χ4v) is 5.56. The van der Waals surface area contributed by atoms with Crippen LogP contribution < -0.4 is 10.5 Å². The molecule has 0 fully saturated rings. The van der Waals surface area contributed by atoms with Crippen LogP contribution in [0.2, 0.25) is 0 Å². The Morgan fingerprint density at radius 1 is 0.957 bits per heavy atom. The summed E-state index contributed by atoms with van der Waals surface area (Å²) < 4.78 is 64.8. The van der Waals surface area contributed by atoms with Crippen molar-refractivity contribution in [3.05, 3.63) is 42.5 Å². The lowest BCUT2D eigenvalue weighted by molar-refractivity contribution is -0.162. The average Bonchev–Trinajstić information content (AvgIpc) is 3.48. The fraction of sp³-hybridized carbons (Fsp3) is 0.481. The topological polar surface area (TPSA) is 230 Å². The summed E-state index contributed by atoms with van der Waals surface area (Å²) in [5.41, 5.74) is 5.43. The molecule has 1 aliphatic rings. The van der Waals surface area contributed by atoms with Crippen LogP contribution in [-0.4, -0.2) is 72.3 Å². The number of nitrogens with two attached hydrogens (primary N) is 1. The summed E-state index contributed by atoms with van der Waals surface area (Å²) in [5, 5.41) is 0. The summed E-state index contributed by atoms with van der Waals surface area (Å²) in [6.07, 6.45) is 2.38. The molecular weight excluding hydrogens is 647 g/mol. The number of imidazole rings is 1. The normalized spacial score (nSPS) is 14.2. The summed E-state index contributed by atoms with van der Waals surface area (Å²) in [7, 11) is -7.50. The molecule has 3 N–H and O–H groups in total. The van der Waals surface area contributed by atoms with E-state index in [0.717, 1.165) is 0 Å². The Morgan fingerprint density at radius 2 is 1.54 bits per heavy atom. The molecule has 0 spiro atoms. The first kappa shape index (κ1) is 36.5. The number of hydrogen-bond donors (Lipinski definition) is 2. The number of fused-ring (bicyclic) bond motifs is 2. The van der Waals surface area contributed by atoms with Crippen molar-refractivity contribution in [3.8, 4) is 0 Å². The molecule has 0 unspecified atom stereocenters. The quantitative estimate of drug-likeness (QED) is 0.128. The largest absolute Gasteiger partial charge is 0.438 e. The van der Waals surface area contributed by atoms with Crippen LogP contribution in [0.4, 0.5) is 5.82 Å². The third-order valence-corrected chi connectivity index (χ3v) is 8.79. The van der Waals surface area contributed by atoms with E-state index >= 15 is 0 Å². The van der Waals surface area contributed by atoms with Gasteiger partial charge < -0.3 is 24.5 Å². The fourth-order valence-electron chi connectivity index (χ4n) is 3.39. The Balaban J connectivity index is 0.000000396. The maximum absolute atomic E-state index is 13.1. The van der Waals surface area contributed by atoms with E-state index in [9.17, 15) is 27.4 Å². The monoisotopic (exact) mass is 684 g/mol. The molecule has 252 valence electrons. The molecule has 17 nitrogen and oxygen atoms in total. The highest BCUT2D eigenvalue weighted by molar-refractivity contribution is 7.90. The number of sulfonamides is 1. The standard InChI is InChI=1S/C20H32N5O8P.C7H5NO3S/c1-19(2,3)17(26)30-11-32-34(28,33-12-31-18(27)20(4,5)6)13-29-8-7-25-10-24-14-15(21)22-9-23-16(14)25;9-7-5-3-1-2-4-6(5)12(10,11)8-7/h9-10H,7-8,11-13H2,1-6H3,(H2,21,22,23);1-4H,(H,8,9). The number of carbonyl (C=O) groups is 3. The molecule has 1 aromatic carbocycles. The van der Waals surface area contributed by atoms with Gasteiger partial charge in [0.2, 0.25) is 13.6 Å². The van der Waals surface area contributed by atoms with E-state index in [4.69, 9.17) is 29.0 Å². The smallest absolute Gasteiger partial charge is 0.361 e. The molecule has 0 saturated carbocycles. The Bertz CT molecular complexity index is 1700. The van der Waals surface area contributed by atoms with E-state index in [0.29, 0.717) is 17.7 Å².